The largest absolute Gasteiger partial charge is 0.395 e. The Morgan fingerprint density at radius 2 is 2.20 bits per heavy atom. The Bertz CT molecular complexity index is 843. The Balaban J connectivity index is 1.67. The summed E-state index contributed by atoms with van der Waals surface area (Å²) < 4.78 is 0. The minimum atomic E-state index is -0.0434. The van der Waals surface area contributed by atoms with Gasteiger partial charge in [-0.3, -0.25) is 9.78 Å². The molecule has 3 aromatic rings. The van der Waals surface area contributed by atoms with Crippen molar-refractivity contribution in [2.45, 2.75) is 26.3 Å². The van der Waals surface area contributed by atoms with Crippen LogP contribution >= 0.6 is 0 Å². The van der Waals surface area contributed by atoms with Crippen LogP contribution in [-0.2, 0) is 17.8 Å². The second-order valence-electron chi connectivity index (χ2n) is 6.26. The van der Waals surface area contributed by atoms with Crippen LogP contribution in [0.3, 0.4) is 0 Å². The highest BCUT2D eigenvalue weighted by atomic mass is 16.3. The molecule has 0 aliphatic rings. The summed E-state index contributed by atoms with van der Waals surface area (Å²) in [6.45, 7) is 2.83. The molecule has 0 unspecified atom stereocenters. The number of aromatic amines is 1. The summed E-state index contributed by atoms with van der Waals surface area (Å²) in [7, 11) is 0. The van der Waals surface area contributed by atoms with Crippen molar-refractivity contribution in [2.24, 2.45) is 0 Å². The minimum Gasteiger partial charge on any atom is -0.395 e. The van der Waals surface area contributed by atoms with E-state index in [-0.39, 0.29) is 12.5 Å². The van der Waals surface area contributed by atoms with Gasteiger partial charge in [0.2, 0.25) is 5.91 Å². The number of nitrogens with one attached hydrogen (secondary N) is 1. The van der Waals surface area contributed by atoms with Crippen LogP contribution in [0.25, 0.3) is 10.9 Å². The number of carbonyl (C=O) groups is 1. The highest BCUT2D eigenvalue weighted by Gasteiger charge is 2.15. The molecule has 2 aromatic heterocycles. The molecule has 1 aromatic carbocycles. The maximum atomic E-state index is 12.6. The van der Waals surface area contributed by atoms with Crippen molar-refractivity contribution in [2.75, 3.05) is 13.2 Å². The van der Waals surface area contributed by atoms with Gasteiger partial charge in [-0.05, 0) is 42.7 Å². The van der Waals surface area contributed by atoms with Crippen molar-refractivity contribution < 1.29 is 9.90 Å². The van der Waals surface area contributed by atoms with Gasteiger partial charge >= 0.3 is 0 Å². The van der Waals surface area contributed by atoms with Crippen LogP contribution in [0.1, 0.15) is 23.1 Å². The summed E-state index contributed by atoms with van der Waals surface area (Å²) >= 11 is 0. The maximum absolute atomic E-state index is 12.6. The Kier molecular flexibility index (Phi) is 5.46. The van der Waals surface area contributed by atoms with Gasteiger partial charge < -0.3 is 15.0 Å². The van der Waals surface area contributed by atoms with E-state index in [0.717, 1.165) is 16.6 Å². The third-order valence-corrected chi connectivity index (χ3v) is 4.35. The predicted molar refractivity (Wildman–Crippen MR) is 98.1 cm³/mol. The van der Waals surface area contributed by atoms with E-state index in [1.807, 2.05) is 18.3 Å². The standard InChI is InChI=1S/C20H23N3O2/c1-15-4-6-19-18(11-15)17(13-22-19)5-7-20(25)23(9-10-24)14-16-3-2-8-21-12-16/h2-4,6,8,11-13,22,24H,5,7,9-10,14H2,1H3. The van der Waals surface area contributed by atoms with E-state index in [1.165, 1.54) is 10.9 Å². The SMILES string of the molecule is Cc1ccc2[nH]cc(CCC(=O)N(CCO)Cc3cccnc3)c2c1. The molecule has 3 rings (SSSR count). The molecule has 1 amide bonds. The monoisotopic (exact) mass is 337 g/mol. The molecule has 5 nitrogen and oxygen atoms in total. The van der Waals surface area contributed by atoms with Gasteiger partial charge in [0.05, 0.1) is 6.61 Å². The van der Waals surface area contributed by atoms with Crippen LogP contribution in [0.4, 0.5) is 0 Å². The zero-order valence-electron chi connectivity index (χ0n) is 14.4. The number of hydrogen-bond donors (Lipinski definition) is 2. The number of aliphatic hydroxyl groups excluding tert-OH is 1. The first-order chi connectivity index (χ1) is 12.2. The van der Waals surface area contributed by atoms with Crippen LogP contribution in [-0.4, -0.2) is 39.0 Å². The lowest BCUT2D eigenvalue weighted by Crippen LogP contribution is -2.33. The van der Waals surface area contributed by atoms with Gasteiger partial charge in [-0.1, -0.05) is 17.7 Å². The fourth-order valence-corrected chi connectivity index (χ4v) is 3.02. The van der Waals surface area contributed by atoms with Gasteiger partial charge in [0, 0.05) is 49.0 Å². The molecule has 0 saturated carbocycles. The number of pyridine rings is 1. The molecule has 0 fully saturated rings. The van der Waals surface area contributed by atoms with Crippen molar-refractivity contribution in [3.05, 3.63) is 65.6 Å². The van der Waals surface area contributed by atoms with Crippen molar-refractivity contribution >= 4 is 16.8 Å². The lowest BCUT2D eigenvalue weighted by atomic mass is 10.1. The van der Waals surface area contributed by atoms with Crippen molar-refractivity contribution in [3.8, 4) is 0 Å². The number of nitrogens with zero attached hydrogens (tertiary/aromatic N) is 2. The van der Waals surface area contributed by atoms with Gasteiger partial charge in [-0.15, -0.1) is 0 Å². The molecule has 0 bridgehead atoms. The van der Waals surface area contributed by atoms with Gasteiger partial charge in [0.1, 0.15) is 0 Å². The minimum absolute atomic E-state index is 0.0416. The second-order valence-corrected chi connectivity index (χ2v) is 6.26. The topological polar surface area (TPSA) is 69.2 Å². The highest BCUT2D eigenvalue weighted by Crippen LogP contribution is 2.21. The summed E-state index contributed by atoms with van der Waals surface area (Å²) in [6, 6.07) is 10.1. The summed E-state index contributed by atoms with van der Waals surface area (Å²) in [5.74, 6) is 0.0416. The quantitative estimate of drug-likeness (QED) is 0.696. The van der Waals surface area contributed by atoms with Crippen LogP contribution in [0, 0.1) is 6.92 Å². The first-order valence-electron chi connectivity index (χ1n) is 8.51. The van der Waals surface area contributed by atoms with Gasteiger partial charge in [0.25, 0.3) is 0 Å². The zero-order chi connectivity index (χ0) is 17.6. The van der Waals surface area contributed by atoms with E-state index >= 15 is 0 Å². The van der Waals surface area contributed by atoms with E-state index in [1.54, 1.807) is 17.3 Å². The Labute approximate surface area is 147 Å². The number of fused-ring (bicyclic) bond motifs is 1. The molecule has 2 N–H and O–H groups in total. The van der Waals surface area contributed by atoms with Crippen LogP contribution < -0.4 is 0 Å². The lowest BCUT2D eigenvalue weighted by Gasteiger charge is -2.21. The molecule has 0 aliphatic carbocycles. The average Bonchev–Trinajstić information content (AvgIpc) is 3.02. The molecule has 0 aliphatic heterocycles. The summed E-state index contributed by atoms with van der Waals surface area (Å²) in [6.07, 6.45) is 6.54. The van der Waals surface area contributed by atoms with E-state index in [9.17, 15) is 9.90 Å². The number of hydrogen-bond acceptors (Lipinski definition) is 3. The fraction of sp³-hybridized carbons (Fsp3) is 0.300. The molecule has 2 heterocycles. The Morgan fingerprint density at radius 3 is 2.96 bits per heavy atom. The summed E-state index contributed by atoms with van der Waals surface area (Å²) in [5.41, 5.74) is 4.41. The predicted octanol–water partition coefficient (Wildman–Crippen LogP) is 2.83. The van der Waals surface area contributed by atoms with E-state index in [4.69, 9.17) is 0 Å². The van der Waals surface area contributed by atoms with Gasteiger partial charge in [0.15, 0.2) is 0 Å². The maximum Gasteiger partial charge on any atom is 0.223 e. The third kappa shape index (κ3) is 4.25. The number of H-pyrrole nitrogens is 1. The number of aromatic nitrogens is 2. The van der Waals surface area contributed by atoms with Crippen molar-refractivity contribution in [1.82, 2.24) is 14.9 Å². The first-order valence-corrected chi connectivity index (χ1v) is 8.51. The van der Waals surface area contributed by atoms with Crippen LogP contribution in [0.15, 0.2) is 48.9 Å². The number of benzene rings is 1. The van der Waals surface area contributed by atoms with Crippen molar-refractivity contribution in [1.29, 1.82) is 0 Å². The van der Waals surface area contributed by atoms with E-state index in [0.29, 0.717) is 25.9 Å². The molecular formula is C20H23N3O2. The number of rotatable bonds is 7. The van der Waals surface area contributed by atoms with Gasteiger partial charge in [-0.2, -0.15) is 0 Å². The Morgan fingerprint density at radius 1 is 1.32 bits per heavy atom. The smallest absolute Gasteiger partial charge is 0.223 e. The molecule has 25 heavy (non-hydrogen) atoms. The molecule has 0 saturated heterocycles. The summed E-state index contributed by atoms with van der Waals surface area (Å²) in [5, 5.41) is 10.4. The average molecular weight is 337 g/mol. The highest BCUT2D eigenvalue weighted by molar-refractivity contribution is 5.85. The first kappa shape index (κ1) is 17.2. The van der Waals surface area contributed by atoms with E-state index in [2.05, 4.69) is 35.1 Å². The molecule has 0 atom stereocenters. The van der Waals surface area contributed by atoms with Crippen LogP contribution in [0.5, 0.6) is 0 Å². The third-order valence-electron chi connectivity index (χ3n) is 4.35. The van der Waals surface area contributed by atoms with Gasteiger partial charge in [-0.25, -0.2) is 0 Å². The Hall–Kier alpha value is -2.66. The molecule has 5 heteroatoms. The fourth-order valence-electron chi connectivity index (χ4n) is 3.02. The number of aliphatic hydroxyl groups is 1. The normalized spacial score (nSPS) is 11.0. The summed E-state index contributed by atoms with van der Waals surface area (Å²) in [4.78, 5) is 21.7. The molecule has 130 valence electrons. The molecule has 0 spiro atoms. The molecule has 0 radical (unpaired) electrons. The van der Waals surface area contributed by atoms with E-state index < -0.39 is 0 Å². The van der Waals surface area contributed by atoms with Crippen molar-refractivity contribution in [3.63, 3.8) is 0 Å². The lowest BCUT2D eigenvalue weighted by molar-refractivity contribution is -0.132. The number of amides is 1. The molecular weight excluding hydrogens is 314 g/mol. The number of aryl methyl sites for hydroxylation is 2. The number of carbonyl (C=O) groups excluding carboxylic acids is 1. The second kappa shape index (κ2) is 7.94. The zero-order valence-corrected chi connectivity index (χ0v) is 14.4. The van der Waals surface area contributed by atoms with Crippen LogP contribution in [0.2, 0.25) is 0 Å².